The maximum Gasteiger partial charge on any atom is 0.264 e. The fraction of sp³-hybridized carbons (Fsp3) is 0.200. The van der Waals surface area contributed by atoms with E-state index in [1.54, 1.807) is 12.1 Å². The molecule has 21 heavy (non-hydrogen) atoms. The summed E-state index contributed by atoms with van der Waals surface area (Å²) in [5, 5.41) is 0.147. The molecule has 0 heterocycles. The third-order valence-electron chi connectivity index (χ3n) is 3.01. The summed E-state index contributed by atoms with van der Waals surface area (Å²) < 4.78 is 40.9. The van der Waals surface area contributed by atoms with Gasteiger partial charge in [-0.2, -0.15) is 0 Å². The van der Waals surface area contributed by atoms with E-state index in [-0.39, 0.29) is 10.9 Å². The van der Waals surface area contributed by atoms with Crippen LogP contribution in [-0.4, -0.2) is 8.42 Å². The van der Waals surface area contributed by atoms with Gasteiger partial charge in [0.25, 0.3) is 10.0 Å². The molecule has 0 unspecified atom stereocenters. The third-order valence-corrected chi connectivity index (χ3v) is 4.64. The molecule has 0 fully saturated rings. The lowest BCUT2D eigenvalue weighted by Crippen LogP contribution is -2.16. The van der Waals surface area contributed by atoms with Crippen LogP contribution in [0.2, 0.25) is 5.02 Å². The Morgan fingerprint density at radius 2 is 1.81 bits per heavy atom. The van der Waals surface area contributed by atoms with E-state index in [0.29, 0.717) is 5.69 Å². The summed E-state index contributed by atoms with van der Waals surface area (Å²) in [4.78, 5) is -0.426. The van der Waals surface area contributed by atoms with Crippen molar-refractivity contribution in [3.05, 3.63) is 58.9 Å². The fourth-order valence-electron chi connectivity index (χ4n) is 1.99. The number of halogens is 2. The van der Waals surface area contributed by atoms with Crippen molar-refractivity contribution in [2.75, 3.05) is 4.72 Å². The molecule has 0 amide bonds. The average Bonchev–Trinajstić information content (AvgIpc) is 2.37. The van der Waals surface area contributed by atoms with E-state index in [1.807, 2.05) is 26.0 Å². The van der Waals surface area contributed by atoms with Crippen LogP contribution in [0, 0.1) is 5.82 Å². The zero-order chi connectivity index (χ0) is 15.6. The molecule has 3 nitrogen and oxygen atoms in total. The highest BCUT2D eigenvalue weighted by Gasteiger charge is 2.20. The Morgan fingerprint density at radius 1 is 1.14 bits per heavy atom. The first-order valence-electron chi connectivity index (χ1n) is 6.38. The fourth-order valence-corrected chi connectivity index (χ4v) is 3.29. The Kier molecular flexibility index (Phi) is 4.54. The topological polar surface area (TPSA) is 46.2 Å². The van der Waals surface area contributed by atoms with Gasteiger partial charge in [0.1, 0.15) is 10.7 Å². The quantitative estimate of drug-likeness (QED) is 0.904. The molecule has 2 aromatic rings. The van der Waals surface area contributed by atoms with Crippen molar-refractivity contribution in [3.8, 4) is 0 Å². The van der Waals surface area contributed by atoms with Crippen molar-refractivity contribution >= 4 is 27.3 Å². The summed E-state index contributed by atoms with van der Waals surface area (Å²) >= 11 is 5.64. The van der Waals surface area contributed by atoms with Crippen molar-refractivity contribution < 1.29 is 12.8 Å². The SMILES string of the molecule is CC(C)c1ccccc1NS(=O)(=O)c1ccc(Cl)cc1F. The predicted octanol–water partition coefficient (Wildman–Crippen LogP) is 4.40. The molecule has 0 aliphatic rings. The zero-order valence-electron chi connectivity index (χ0n) is 11.6. The molecule has 0 atom stereocenters. The number of hydrogen-bond acceptors (Lipinski definition) is 2. The molecular formula is C15H15ClFNO2S. The molecule has 112 valence electrons. The minimum absolute atomic E-state index is 0.138. The van der Waals surface area contributed by atoms with Gasteiger partial charge in [0.2, 0.25) is 0 Å². The number of rotatable bonds is 4. The first kappa shape index (κ1) is 15.8. The molecule has 0 spiro atoms. The highest BCUT2D eigenvalue weighted by Crippen LogP contribution is 2.27. The average molecular weight is 328 g/mol. The van der Waals surface area contributed by atoms with Crippen LogP contribution < -0.4 is 4.72 Å². The Balaban J connectivity index is 2.43. The molecule has 6 heteroatoms. The number of anilines is 1. The van der Waals surface area contributed by atoms with Gasteiger partial charge in [0.05, 0.1) is 5.69 Å². The second-order valence-corrected chi connectivity index (χ2v) is 7.01. The van der Waals surface area contributed by atoms with Crippen LogP contribution in [0.15, 0.2) is 47.4 Å². The first-order valence-corrected chi connectivity index (χ1v) is 8.24. The third kappa shape index (κ3) is 3.54. The summed E-state index contributed by atoms with van der Waals surface area (Å²) in [7, 11) is -4.00. The van der Waals surface area contributed by atoms with Crippen molar-refractivity contribution in [2.45, 2.75) is 24.7 Å². The summed E-state index contributed by atoms with van der Waals surface area (Å²) in [6.45, 7) is 3.91. The van der Waals surface area contributed by atoms with Crippen LogP contribution in [-0.2, 0) is 10.0 Å². The summed E-state index contributed by atoms with van der Waals surface area (Å²) in [5.41, 5.74) is 1.29. The molecule has 2 rings (SSSR count). The van der Waals surface area contributed by atoms with E-state index in [9.17, 15) is 12.8 Å². The van der Waals surface area contributed by atoms with Gasteiger partial charge in [0, 0.05) is 5.02 Å². The number of nitrogens with one attached hydrogen (secondary N) is 1. The maximum absolute atomic E-state index is 13.8. The summed E-state index contributed by atoms with van der Waals surface area (Å²) in [5.74, 6) is -0.740. The van der Waals surface area contributed by atoms with Crippen molar-refractivity contribution in [3.63, 3.8) is 0 Å². The highest BCUT2D eigenvalue weighted by atomic mass is 35.5. The molecular weight excluding hydrogens is 313 g/mol. The van der Waals surface area contributed by atoms with Crippen LogP contribution in [0.1, 0.15) is 25.3 Å². The number of para-hydroxylation sites is 1. The summed E-state index contributed by atoms with van der Waals surface area (Å²) in [6, 6.07) is 10.5. The Labute approximate surface area is 128 Å². The highest BCUT2D eigenvalue weighted by molar-refractivity contribution is 7.92. The van der Waals surface area contributed by atoms with Crippen LogP contribution >= 0.6 is 11.6 Å². The molecule has 0 saturated carbocycles. The monoisotopic (exact) mass is 327 g/mol. The van der Waals surface area contributed by atoms with Crippen LogP contribution in [0.4, 0.5) is 10.1 Å². The molecule has 2 aromatic carbocycles. The maximum atomic E-state index is 13.8. The normalized spacial score (nSPS) is 11.7. The molecule has 0 aliphatic heterocycles. The minimum atomic E-state index is -4.00. The van der Waals surface area contributed by atoms with Crippen LogP contribution in [0.25, 0.3) is 0 Å². The van der Waals surface area contributed by atoms with E-state index in [2.05, 4.69) is 4.72 Å². The second kappa shape index (κ2) is 6.03. The standard InChI is InChI=1S/C15H15ClFNO2S/c1-10(2)12-5-3-4-6-14(12)18-21(19,20)15-8-7-11(16)9-13(15)17/h3-10,18H,1-2H3. The van der Waals surface area contributed by atoms with Gasteiger partial charge in [-0.1, -0.05) is 43.6 Å². The van der Waals surface area contributed by atoms with Crippen molar-refractivity contribution in [1.29, 1.82) is 0 Å². The van der Waals surface area contributed by atoms with Gasteiger partial charge < -0.3 is 0 Å². The lowest BCUT2D eigenvalue weighted by atomic mass is 10.0. The summed E-state index contributed by atoms with van der Waals surface area (Å²) in [6.07, 6.45) is 0. The molecule has 1 N–H and O–H groups in total. The molecule has 0 saturated heterocycles. The zero-order valence-corrected chi connectivity index (χ0v) is 13.2. The van der Waals surface area contributed by atoms with E-state index in [4.69, 9.17) is 11.6 Å². The Bertz CT molecular complexity index is 760. The van der Waals surface area contributed by atoms with Crippen LogP contribution in [0.5, 0.6) is 0 Å². The predicted molar refractivity (Wildman–Crippen MR) is 82.7 cm³/mol. The molecule has 0 bridgehead atoms. The van der Waals surface area contributed by atoms with Gasteiger partial charge in [-0.25, -0.2) is 12.8 Å². The van der Waals surface area contributed by atoms with Gasteiger partial charge in [-0.15, -0.1) is 0 Å². The van der Waals surface area contributed by atoms with Gasteiger partial charge in [-0.05, 0) is 35.7 Å². The lowest BCUT2D eigenvalue weighted by molar-refractivity contribution is 0.570. The second-order valence-electron chi connectivity index (χ2n) is 4.92. The Morgan fingerprint density at radius 3 is 2.43 bits per heavy atom. The largest absolute Gasteiger partial charge is 0.279 e. The molecule has 0 radical (unpaired) electrons. The van der Waals surface area contributed by atoms with Gasteiger partial charge >= 0.3 is 0 Å². The minimum Gasteiger partial charge on any atom is -0.279 e. The van der Waals surface area contributed by atoms with E-state index in [1.165, 1.54) is 6.07 Å². The Hall–Kier alpha value is -1.59. The first-order chi connectivity index (χ1) is 9.81. The van der Waals surface area contributed by atoms with E-state index >= 15 is 0 Å². The van der Waals surface area contributed by atoms with Gasteiger partial charge in [0.15, 0.2) is 0 Å². The number of hydrogen-bond donors (Lipinski definition) is 1. The van der Waals surface area contributed by atoms with E-state index < -0.39 is 20.7 Å². The molecule has 0 aromatic heterocycles. The number of benzene rings is 2. The van der Waals surface area contributed by atoms with E-state index in [0.717, 1.165) is 17.7 Å². The van der Waals surface area contributed by atoms with Crippen molar-refractivity contribution in [1.82, 2.24) is 0 Å². The lowest BCUT2D eigenvalue weighted by Gasteiger charge is -2.15. The molecule has 0 aliphatic carbocycles. The number of sulfonamides is 1. The smallest absolute Gasteiger partial charge is 0.264 e. The van der Waals surface area contributed by atoms with Gasteiger partial charge in [-0.3, -0.25) is 4.72 Å². The van der Waals surface area contributed by atoms with Crippen LogP contribution in [0.3, 0.4) is 0 Å². The van der Waals surface area contributed by atoms with Crippen molar-refractivity contribution in [2.24, 2.45) is 0 Å².